The van der Waals surface area contributed by atoms with Crippen molar-refractivity contribution in [3.63, 3.8) is 0 Å². The van der Waals surface area contributed by atoms with Gasteiger partial charge in [0, 0.05) is 12.6 Å². The van der Waals surface area contributed by atoms with E-state index >= 15 is 0 Å². The van der Waals surface area contributed by atoms with Gasteiger partial charge in [-0.2, -0.15) is 5.10 Å². The Morgan fingerprint density at radius 3 is 2.53 bits per heavy atom. The van der Waals surface area contributed by atoms with Crippen molar-refractivity contribution in [2.75, 3.05) is 5.32 Å². The summed E-state index contributed by atoms with van der Waals surface area (Å²) in [6, 6.07) is 3.28. The van der Waals surface area contributed by atoms with E-state index in [2.05, 4.69) is 20.5 Å². The van der Waals surface area contributed by atoms with Gasteiger partial charge in [-0.05, 0) is 24.0 Å². The number of rotatable bonds is 10. The highest BCUT2D eigenvalue weighted by Gasteiger charge is 2.42. The zero-order valence-corrected chi connectivity index (χ0v) is 22.2. The van der Waals surface area contributed by atoms with Gasteiger partial charge in [0.15, 0.2) is 6.10 Å². The number of H-pyrrole nitrogens is 1. The van der Waals surface area contributed by atoms with Gasteiger partial charge in [0.25, 0.3) is 5.91 Å². The van der Waals surface area contributed by atoms with Crippen molar-refractivity contribution >= 4 is 52.1 Å². The van der Waals surface area contributed by atoms with Crippen LogP contribution in [0.1, 0.15) is 47.0 Å². The highest BCUT2D eigenvalue weighted by Crippen LogP contribution is 2.33. The fourth-order valence-corrected chi connectivity index (χ4v) is 4.56. The second-order valence-electron chi connectivity index (χ2n) is 9.84. The molecule has 1 aromatic carbocycles. The van der Waals surface area contributed by atoms with Crippen LogP contribution < -0.4 is 5.32 Å². The van der Waals surface area contributed by atoms with Gasteiger partial charge in [-0.3, -0.25) is 14.8 Å². The van der Waals surface area contributed by atoms with Crippen molar-refractivity contribution in [2.45, 2.75) is 71.7 Å². The molecule has 0 aliphatic rings. The van der Waals surface area contributed by atoms with Crippen LogP contribution in [0.15, 0.2) is 30.7 Å². The van der Waals surface area contributed by atoms with Gasteiger partial charge < -0.3 is 20.1 Å². The average Bonchev–Trinajstić information content (AvgIpc) is 3.44. The van der Waals surface area contributed by atoms with Crippen molar-refractivity contribution in [1.29, 1.82) is 0 Å². The lowest BCUT2D eigenvalue weighted by atomic mass is 9.83. The number of nitrogens with one attached hydrogen (secondary N) is 2. The number of hydrogen-bond donors (Lipinski definition) is 4. The largest absolute Gasteiger partial charge is 0.465 e. The van der Waals surface area contributed by atoms with Gasteiger partial charge in [0.1, 0.15) is 5.82 Å². The molecule has 3 rings (SSSR count). The molecule has 0 spiro atoms. The van der Waals surface area contributed by atoms with E-state index in [0.717, 1.165) is 6.42 Å². The van der Waals surface area contributed by atoms with Crippen LogP contribution in [0.4, 0.5) is 10.6 Å². The highest BCUT2D eigenvalue weighted by atomic mass is 35.5. The number of anilines is 1. The normalized spacial score (nSPS) is 14.4. The van der Waals surface area contributed by atoms with Crippen LogP contribution in [0, 0.1) is 5.41 Å². The molecule has 196 valence electrons. The van der Waals surface area contributed by atoms with Gasteiger partial charge in [0.2, 0.25) is 0 Å². The predicted octanol–water partition coefficient (Wildman–Crippen LogP) is 5.02. The maximum absolute atomic E-state index is 12.9. The number of nitrogens with zero attached hydrogens (tertiary/aromatic N) is 4. The van der Waals surface area contributed by atoms with Gasteiger partial charge in [-0.1, -0.05) is 63.7 Å². The molecule has 2 heterocycles. The minimum Gasteiger partial charge on any atom is -0.465 e. The van der Waals surface area contributed by atoms with Crippen molar-refractivity contribution in [1.82, 2.24) is 24.6 Å². The number of halogens is 2. The first-order valence-corrected chi connectivity index (χ1v) is 12.5. The summed E-state index contributed by atoms with van der Waals surface area (Å²) in [4.78, 5) is 31.2. The number of aromatic amines is 1. The van der Waals surface area contributed by atoms with Crippen molar-refractivity contribution in [3.05, 3.63) is 40.8 Å². The Hall–Kier alpha value is -2.82. The van der Waals surface area contributed by atoms with Gasteiger partial charge in [-0.15, -0.1) is 0 Å². The average molecular weight is 539 g/mol. The number of carbonyl (C=O) groups is 2. The highest BCUT2D eigenvalue weighted by molar-refractivity contribution is 6.42. The number of carboxylic acid groups (broad SMARTS) is 1. The predicted molar refractivity (Wildman–Crippen MR) is 139 cm³/mol. The summed E-state index contributed by atoms with van der Waals surface area (Å²) in [7, 11) is 0. The number of aliphatic hydroxyl groups is 1. The minimum atomic E-state index is -1.60. The Labute approximate surface area is 219 Å². The lowest BCUT2D eigenvalue weighted by molar-refractivity contribution is -0.128. The molecule has 36 heavy (non-hydrogen) atoms. The van der Waals surface area contributed by atoms with E-state index in [0.29, 0.717) is 39.7 Å². The first kappa shape index (κ1) is 27.8. The van der Waals surface area contributed by atoms with E-state index in [9.17, 15) is 19.8 Å². The Bertz CT molecular complexity index is 1190. The molecule has 3 aromatic rings. The fraction of sp³-hybridized carbons (Fsp3) is 0.500. The zero-order valence-electron chi connectivity index (χ0n) is 20.7. The topological polar surface area (TPSA) is 136 Å². The van der Waals surface area contributed by atoms with Crippen LogP contribution >= 0.6 is 23.2 Å². The van der Waals surface area contributed by atoms with Crippen LogP contribution in [0.2, 0.25) is 10.0 Å². The van der Waals surface area contributed by atoms with Crippen molar-refractivity contribution in [2.24, 2.45) is 5.41 Å². The SMILES string of the molecule is CCCC[C@@H]([C@H](O)C(=O)Nc1ccn[nH]1)N(C(=O)O)C(Cn1cnc2cc(Cl)c(Cl)cc21)C(C)(C)C. The Balaban J connectivity index is 2.00. The Kier molecular flexibility index (Phi) is 8.86. The van der Waals surface area contributed by atoms with Crippen molar-refractivity contribution in [3.8, 4) is 0 Å². The molecule has 0 aliphatic carbocycles. The minimum absolute atomic E-state index is 0.224. The van der Waals surface area contributed by atoms with Crippen LogP contribution in [0.25, 0.3) is 11.0 Å². The number of imidazole rings is 1. The lowest BCUT2D eigenvalue weighted by Crippen LogP contribution is -2.59. The number of fused-ring (bicyclic) bond motifs is 1. The number of benzene rings is 1. The second-order valence-corrected chi connectivity index (χ2v) is 10.7. The summed E-state index contributed by atoms with van der Waals surface area (Å²) in [5.41, 5.74) is 0.766. The van der Waals surface area contributed by atoms with E-state index in [1.165, 1.54) is 11.1 Å². The zero-order chi connectivity index (χ0) is 26.6. The number of unbranched alkanes of at least 4 members (excludes halogenated alkanes) is 1. The summed E-state index contributed by atoms with van der Waals surface area (Å²) in [6.07, 6.45) is 1.94. The first-order chi connectivity index (χ1) is 16.9. The van der Waals surface area contributed by atoms with Crippen LogP contribution in [-0.4, -0.2) is 65.0 Å². The smallest absolute Gasteiger partial charge is 0.407 e. The number of carbonyl (C=O) groups excluding carboxylic acids is 1. The molecule has 2 amide bonds. The number of hydrogen-bond acceptors (Lipinski definition) is 5. The molecule has 0 saturated heterocycles. The lowest BCUT2D eigenvalue weighted by Gasteiger charge is -2.44. The summed E-state index contributed by atoms with van der Waals surface area (Å²) < 4.78 is 1.82. The van der Waals surface area contributed by atoms with Crippen LogP contribution in [-0.2, 0) is 11.3 Å². The molecule has 0 bridgehead atoms. The van der Waals surface area contributed by atoms with Crippen LogP contribution in [0.5, 0.6) is 0 Å². The quantitative estimate of drug-likeness (QED) is 0.286. The molecule has 12 heteroatoms. The molecule has 1 unspecified atom stereocenters. The summed E-state index contributed by atoms with van der Waals surface area (Å²) in [6.45, 7) is 7.95. The number of aromatic nitrogens is 4. The molecule has 3 atom stereocenters. The van der Waals surface area contributed by atoms with Gasteiger partial charge in [-0.25, -0.2) is 9.78 Å². The molecule has 0 radical (unpaired) electrons. The number of amides is 2. The fourth-order valence-electron chi connectivity index (χ4n) is 4.24. The van der Waals surface area contributed by atoms with Gasteiger partial charge >= 0.3 is 6.09 Å². The van der Waals surface area contributed by atoms with E-state index in [1.807, 2.05) is 32.3 Å². The molecule has 10 nitrogen and oxygen atoms in total. The summed E-state index contributed by atoms with van der Waals surface area (Å²) >= 11 is 12.4. The van der Waals surface area contributed by atoms with Crippen LogP contribution in [0.3, 0.4) is 0 Å². The van der Waals surface area contributed by atoms with E-state index in [1.54, 1.807) is 24.5 Å². The third kappa shape index (κ3) is 6.29. The maximum atomic E-state index is 12.9. The molecule has 0 saturated carbocycles. The van der Waals surface area contributed by atoms with Crippen molar-refractivity contribution < 1.29 is 19.8 Å². The van der Waals surface area contributed by atoms with Gasteiger partial charge in [0.05, 0.1) is 45.7 Å². The number of aliphatic hydroxyl groups excluding tert-OH is 1. The monoisotopic (exact) mass is 538 g/mol. The second kappa shape index (κ2) is 11.5. The Morgan fingerprint density at radius 2 is 1.94 bits per heavy atom. The van der Waals surface area contributed by atoms with E-state index < -0.39 is 35.6 Å². The van der Waals surface area contributed by atoms with E-state index in [4.69, 9.17) is 23.2 Å². The summed E-state index contributed by atoms with van der Waals surface area (Å²) in [5.74, 6) is -0.406. The Morgan fingerprint density at radius 1 is 1.25 bits per heavy atom. The molecule has 4 N–H and O–H groups in total. The molecule has 2 aromatic heterocycles. The summed E-state index contributed by atoms with van der Waals surface area (Å²) in [5, 5.41) is 31.2. The maximum Gasteiger partial charge on any atom is 0.407 e. The molecular formula is C24H32Cl2N6O4. The third-order valence-electron chi connectivity index (χ3n) is 6.19. The third-order valence-corrected chi connectivity index (χ3v) is 6.91. The first-order valence-electron chi connectivity index (χ1n) is 11.7. The molecule has 0 aliphatic heterocycles. The standard InChI is InChI=1S/C24H32Cl2N6O4/c1-5-6-7-17(21(33)22(34)29-20-8-9-28-30-20)32(23(35)36)19(24(2,3)4)12-31-13-27-16-10-14(25)15(26)11-18(16)31/h8-11,13,17,19,21,33H,5-7,12H2,1-4H3,(H,35,36)(H2,28,29,30,34)/t17-,19?,21-/m0/s1. The molecule has 0 fully saturated rings. The van der Waals surface area contributed by atoms with E-state index in [-0.39, 0.29) is 6.54 Å². The molecular weight excluding hydrogens is 507 g/mol.